The minimum absolute atomic E-state index is 0.204. The fourth-order valence-corrected chi connectivity index (χ4v) is 3.56. The normalized spacial score (nSPS) is 12.2. The van der Waals surface area contributed by atoms with Gasteiger partial charge in [0.1, 0.15) is 6.29 Å². The zero-order valence-corrected chi connectivity index (χ0v) is 16.6. The van der Waals surface area contributed by atoms with E-state index in [0.717, 1.165) is 19.1 Å². The highest BCUT2D eigenvalue weighted by Gasteiger charge is 2.07. The van der Waals surface area contributed by atoms with Crippen LogP contribution in [0.15, 0.2) is 30.3 Å². The summed E-state index contributed by atoms with van der Waals surface area (Å²) in [4.78, 5) is 11.3. The molecule has 0 N–H and O–H groups in total. The van der Waals surface area contributed by atoms with Crippen molar-refractivity contribution in [2.24, 2.45) is 5.92 Å². The van der Waals surface area contributed by atoms with Crippen molar-refractivity contribution < 1.29 is 4.79 Å². The summed E-state index contributed by atoms with van der Waals surface area (Å²) in [5, 5.41) is 0. The summed E-state index contributed by atoms with van der Waals surface area (Å²) in [5.74, 6) is 0.204. The second-order valence-corrected chi connectivity index (χ2v) is 7.62. The lowest BCUT2D eigenvalue weighted by atomic mass is 9.94. The molecule has 1 atom stereocenters. The zero-order chi connectivity index (χ0) is 18.0. The number of aldehydes is 1. The molecular weight excluding hydrogens is 304 g/mol. The van der Waals surface area contributed by atoms with Crippen LogP contribution in [-0.2, 0) is 11.2 Å². The van der Waals surface area contributed by atoms with Crippen molar-refractivity contribution in [1.29, 1.82) is 0 Å². The van der Waals surface area contributed by atoms with Crippen molar-refractivity contribution in [3.05, 3.63) is 35.9 Å². The zero-order valence-electron chi connectivity index (χ0n) is 16.6. The fourth-order valence-electron chi connectivity index (χ4n) is 3.56. The van der Waals surface area contributed by atoms with Gasteiger partial charge >= 0.3 is 0 Å². The lowest BCUT2D eigenvalue weighted by Gasteiger charge is -2.10. The second kappa shape index (κ2) is 16.4. The summed E-state index contributed by atoms with van der Waals surface area (Å²) in [7, 11) is 0. The number of carbonyl (C=O) groups excluding carboxylic acids is 1. The van der Waals surface area contributed by atoms with E-state index in [9.17, 15) is 4.79 Å². The maximum absolute atomic E-state index is 11.3. The van der Waals surface area contributed by atoms with E-state index in [2.05, 4.69) is 31.2 Å². The summed E-state index contributed by atoms with van der Waals surface area (Å²) in [6.45, 7) is 2.28. The lowest BCUT2D eigenvalue weighted by molar-refractivity contribution is -0.111. The number of unbranched alkanes of at least 4 members (excludes halogenated alkanes) is 12. The van der Waals surface area contributed by atoms with Gasteiger partial charge < -0.3 is 4.79 Å². The van der Waals surface area contributed by atoms with Gasteiger partial charge in [0.15, 0.2) is 0 Å². The standard InChI is InChI=1S/C24H40O/c1-2-3-4-5-6-7-8-9-10-11-12-13-15-20-24(22-25)21-23-18-16-14-17-19-23/h14,16-19,22,24H,2-13,15,20-21H2,1H3. The van der Waals surface area contributed by atoms with Gasteiger partial charge in [-0.05, 0) is 18.4 Å². The van der Waals surface area contributed by atoms with Crippen LogP contribution in [0.3, 0.4) is 0 Å². The summed E-state index contributed by atoms with van der Waals surface area (Å²) >= 11 is 0. The Morgan fingerprint density at radius 3 is 1.68 bits per heavy atom. The van der Waals surface area contributed by atoms with E-state index in [1.54, 1.807) is 0 Å². The minimum atomic E-state index is 0.204. The Labute approximate surface area is 156 Å². The molecule has 0 aliphatic heterocycles. The molecule has 1 aromatic carbocycles. The first-order valence-corrected chi connectivity index (χ1v) is 10.9. The Morgan fingerprint density at radius 2 is 1.20 bits per heavy atom. The van der Waals surface area contributed by atoms with Crippen LogP contribution >= 0.6 is 0 Å². The maximum atomic E-state index is 11.3. The number of carbonyl (C=O) groups is 1. The highest BCUT2D eigenvalue weighted by atomic mass is 16.1. The smallest absolute Gasteiger partial charge is 0.123 e. The Bertz CT molecular complexity index is 398. The Balaban J connectivity index is 1.88. The predicted molar refractivity (Wildman–Crippen MR) is 110 cm³/mol. The van der Waals surface area contributed by atoms with Gasteiger partial charge in [0, 0.05) is 5.92 Å². The minimum Gasteiger partial charge on any atom is -0.303 e. The van der Waals surface area contributed by atoms with Crippen LogP contribution in [-0.4, -0.2) is 6.29 Å². The SMILES string of the molecule is CCCCCCCCCCCCCCCC(C=O)Cc1ccccc1. The van der Waals surface area contributed by atoms with E-state index in [4.69, 9.17) is 0 Å². The molecule has 1 aromatic rings. The van der Waals surface area contributed by atoms with Gasteiger partial charge in [-0.3, -0.25) is 0 Å². The van der Waals surface area contributed by atoms with Crippen LogP contribution in [0.2, 0.25) is 0 Å². The molecule has 0 saturated heterocycles. The number of hydrogen-bond donors (Lipinski definition) is 0. The predicted octanol–water partition coefficient (Wildman–Crippen LogP) is 7.53. The first kappa shape index (κ1) is 21.9. The van der Waals surface area contributed by atoms with Crippen LogP contribution in [0.1, 0.15) is 102 Å². The van der Waals surface area contributed by atoms with Gasteiger partial charge in [0.25, 0.3) is 0 Å². The monoisotopic (exact) mass is 344 g/mol. The topological polar surface area (TPSA) is 17.1 Å². The summed E-state index contributed by atoms with van der Waals surface area (Å²) < 4.78 is 0. The van der Waals surface area contributed by atoms with E-state index < -0.39 is 0 Å². The van der Waals surface area contributed by atoms with Crippen molar-refractivity contribution in [1.82, 2.24) is 0 Å². The highest BCUT2D eigenvalue weighted by molar-refractivity contribution is 5.54. The average Bonchev–Trinajstić information content (AvgIpc) is 2.65. The van der Waals surface area contributed by atoms with E-state index in [1.807, 2.05) is 6.07 Å². The van der Waals surface area contributed by atoms with Crippen molar-refractivity contribution in [2.75, 3.05) is 0 Å². The first-order chi connectivity index (χ1) is 12.4. The summed E-state index contributed by atoms with van der Waals surface area (Å²) in [6.07, 6.45) is 21.1. The second-order valence-electron chi connectivity index (χ2n) is 7.62. The number of rotatable bonds is 17. The molecule has 1 unspecified atom stereocenters. The number of hydrogen-bond acceptors (Lipinski definition) is 1. The van der Waals surface area contributed by atoms with E-state index in [-0.39, 0.29) is 5.92 Å². The van der Waals surface area contributed by atoms with E-state index in [1.165, 1.54) is 89.0 Å². The summed E-state index contributed by atoms with van der Waals surface area (Å²) in [5.41, 5.74) is 1.29. The molecule has 0 radical (unpaired) electrons. The molecule has 1 rings (SSSR count). The lowest BCUT2D eigenvalue weighted by Crippen LogP contribution is -2.06. The van der Waals surface area contributed by atoms with Crippen LogP contribution < -0.4 is 0 Å². The molecule has 1 nitrogen and oxygen atoms in total. The quantitative estimate of drug-likeness (QED) is 0.211. The Hall–Kier alpha value is -1.11. The van der Waals surface area contributed by atoms with Gasteiger partial charge in [0.05, 0.1) is 0 Å². The Kier molecular flexibility index (Phi) is 14.4. The van der Waals surface area contributed by atoms with Crippen LogP contribution in [0.4, 0.5) is 0 Å². The molecule has 0 fully saturated rings. The highest BCUT2D eigenvalue weighted by Crippen LogP contribution is 2.16. The maximum Gasteiger partial charge on any atom is 0.123 e. The van der Waals surface area contributed by atoms with Gasteiger partial charge in [0.2, 0.25) is 0 Å². The van der Waals surface area contributed by atoms with Gasteiger partial charge in [-0.1, -0.05) is 121 Å². The van der Waals surface area contributed by atoms with Crippen molar-refractivity contribution in [3.63, 3.8) is 0 Å². The molecule has 142 valence electrons. The molecule has 0 saturated carbocycles. The molecule has 0 bridgehead atoms. The van der Waals surface area contributed by atoms with Crippen LogP contribution in [0, 0.1) is 5.92 Å². The molecule has 25 heavy (non-hydrogen) atoms. The average molecular weight is 345 g/mol. The third-order valence-corrected chi connectivity index (χ3v) is 5.21. The van der Waals surface area contributed by atoms with Crippen molar-refractivity contribution in [2.45, 2.75) is 103 Å². The Morgan fingerprint density at radius 1 is 0.720 bits per heavy atom. The number of benzene rings is 1. The fraction of sp³-hybridized carbons (Fsp3) is 0.708. The third-order valence-electron chi connectivity index (χ3n) is 5.21. The summed E-state index contributed by atoms with van der Waals surface area (Å²) in [6, 6.07) is 10.4. The third kappa shape index (κ3) is 12.8. The molecule has 0 aliphatic rings. The van der Waals surface area contributed by atoms with E-state index >= 15 is 0 Å². The van der Waals surface area contributed by atoms with Gasteiger partial charge in [-0.25, -0.2) is 0 Å². The molecule has 0 aliphatic carbocycles. The van der Waals surface area contributed by atoms with Crippen LogP contribution in [0.25, 0.3) is 0 Å². The molecule has 0 aromatic heterocycles. The van der Waals surface area contributed by atoms with Gasteiger partial charge in [-0.15, -0.1) is 0 Å². The van der Waals surface area contributed by atoms with E-state index in [0.29, 0.717) is 0 Å². The largest absolute Gasteiger partial charge is 0.303 e. The molecule has 0 heterocycles. The molecular formula is C24H40O. The molecule has 1 heteroatoms. The van der Waals surface area contributed by atoms with Crippen molar-refractivity contribution in [3.8, 4) is 0 Å². The molecule has 0 spiro atoms. The first-order valence-electron chi connectivity index (χ1n) is 10.9. The molecule has 0 amide bonds. The van der Waals surface area contributed by atoms with Crippen molar-refractivity contribution >= 4 is 6.29 Å². The van der Waals surface area contributed by atoms with Gasteiger partial charge in [-0.2, -0.15) is 0 Å². The van der Waals surface area contributed by atoms with Crippen LogP contribution in [0.5, 0.6) is 0 Å².